The van der Waals surface area contributed by atoms with Gasteiger partial charge in [-0.3, -0.25) is 9.69 Å². The molecule has 2 aromatic heterocycles. The molecular formula is C40H46ClF3N8O4S. The number of thiophene rings is 1. The number of ether oxygens (including phenoxy) is 2. The summed E-state index contributed by atoms with van der Waals surface area (Å²) in [5, 5.41) is 21.5. The van der Waals surface area contributed by atoms with Gasteiger partial charge in [0.15, 0.2) is 11.6 Å². The van der Waals surface area contributed by atoms with E-state index in [2.05, 4.69) is 9.88 Å². The molecule has 304 valence electrons. The molecule has 4 aliphatic rings. The van der Waals surface area contributed by atoms with Gasteiger partial charge in [0, 0.05) is 43.5 Å². The summed E-state index contributed by atoms with van der Waals surface area (Å²) in [5.74, 6) is -1.54. The molecule has 17 heteroatoms. The fraction of sp³-hybridized carbons (Fsp3) is 0.550. The summed E-state index contributed by atoms with van der Waals surface area (Å²) in [6.45, 7) is 7.73. The summed E-state index contributed by atoms with van der Waals surface area (Å²) in [5.41, 5.74) is 11.6. The summed E-state index contributed by atoms with van der Waals surface area (Å²) < 4.78 is 60.3. The van der Waals surface area contributed by atoms with Gasteiger partial charge in [-0.25, -0.2) is 13.2 Å². The number of aliphatic hydroxyl groups is 1. The zero-order valence-corrected chi connectivity index (χ0v) is 33.6. The van der Waals surface area contributed by atoms with Gasteiger partial charge in [0.05, 0.1) is 44.4 Å². The van der Waals surface area contributed by atoms with Crippen LogP contribution < -0.4 is 25.8 Å². The number of alkyl halides is 1. The predicted octanol–water partition coefficient (Wildman–Crippen LogP) is 6.02. The van der Waals surface area contributed by atoms with Gasteiger partial charge < -0.3 is 35.8 Å². The highest BCUT2D eigenvalue weighted by molar-refractivity contribution is 7.23. The summed E-state index contributed by atoms with van der Waals surface area (Å²) in [6.07, 6.45) is 1.40. The van der Waals surface area contributed by atoms with Crippen LogP contribution in [0.25, 0.3) is 32.1 Å². The van der Waals surface area contributed by atoms with E-state index < -0.39 is 41.5 Å². The third kappa shape index (κ3) is 6.78. The number of hydrogen-bond acceptors (Lipinski definition) is 12. The van der Waals surface area contributed by atoms with E-state index in [-0.39, 0.29) is 96.2 Å². The van der Waals surface area contributed by atoms with Gasteiger partial charge in [-0.1, -0.05) is 31.5 Å². The Morgan fingerprint density at radius 1 is 1.21 bits per heavy atom. The molecule has 5 N–H and O–H groups in total. The normalized spacial score (nSPS) is 24.8. The van der Waals surface area contributed by atoms with Gasteiger partial charge in [0.25, 0.3) is 0 Å². The van der Waals surface area contributed by atoms with E-state index in [0.29, 0.717) is 32.6 Å². The number of carbonyl (C=O) groups excluding carboxylic acids is 1. The maximum Gasteiger partial charge on any atom is 0.319 e. The van der Waals surface area contributed by atoms with Crippen molar-refractivity contribution in [2.75, 3.05) is 56.6 Å². The van der Waals surface area contributed by atoms with Gasteiger partial charge >= 0.3 is 6.01 Å². The van der Waals surface area contributed by atoms with Crippen LogP contribution in [-0.4, -0.2) is 107 Å². The van der Waals surface area contributed by atoms with Crippen molar-refractivity contribution in [1.82, 2.24) is 19.8 Å². The number of benzene rings is 2. The van der Waals surface area contributed by atoms with Gasteiger partial charge in [-0.05, 0) is 62.6 Å². The average Bonchev–Trinajstić information content (AvgIpc) is 3.79. The number of hydrogen-bond donors (Lipinski definition) is 3. The zero-order valence-electron chi connectivity index (χ0n) is 32.0. The van der Waals surface area contributed by atoms with Crippen molar-refractivity contribution in [1.29, 1.82) is 5.26 Å². The van der Waals surface area contributed by atoms with Crippen molar-refractivity contribution in [2.45, 2.75) is 82.8 Å². The first-order valence-electron chi connectivity index (χ1n) is 19.5. The summed E-state index contributed by atoms with van der Waals surface area (Å²) in [7, 11) is 0. The molecule has 1 amide bonds. The first-order chi connectivity index (χ1) is 27.2. The first-order valence-corrected chi connectivity index (χ1v) is 20.7. The standard InChI is InChI=1S/C40H46ClF3N8O4S/c1-19(2)32(46)38(54)50-10-4-6-21(14-50)15-52-26(20(3)53)17-55-34-29-33(48-39(49-37(29)52)56-18-40-9-5-11-51(40)16-22(42)12-40)31(44)28(30(34)41)23-7-8-25(43)35-27(23)24(13-45)36(47)57-35/h7-8,19-22,26,32,53H,4-6,9-12,14-18,46-47H2,1-3H3/t20?,21?,22-,26?,32+,40+/m1/s1. The Kier molecular flexibility index (Phi) is 10.6. The summed E-state index contributed by atoms with van der Waals surface area (Å²) in [4.78, 5) is 28.6. The first kappa shape index (κ1) is 39.7. The summed E-state index contributed by atoms with van der Waals surface area (Å²) >= 11 is 8.03. The van der Waals surface area contributed by atoms with Crippen LogP contribution in [0.15, 0.2) is 12.1 Å². The summed E-state index contributed by atoms with van der Waals surface area (Å²) in [6, 6.07) is 3.00. The minimum atomic E-state index is -1.01. The van der Waals surface area contributed by atoms with Crippen LogP contribution in [0.3, 0.4) is 0 Å². The van der Waals surface area contributed by atoms with Crippen LogP contribution in [0.1, 0.15) is 58.4 Å². The second-order valence-corrected chi connectivity index (χ2v) is 17.8. The fourth-order valence-electron chi connectivity index (χ4n) is 9.26. The van der Waals surface area contributed by atoms with Crippen LogP contribution in [0.2, 0.25) is 5.02 Å². The number of anilines is 2. The molecular weight excluding hydrogens is 781 g/mol. The monoisotopic (exact) mass is 826 g/mol. The molecule has 4 aromatic rings. The highest BCUT2D eigenvalue weighted by Gasteiger charge is 2.49. The van der Waals surface area contributed by atoms with Crippen molar-refractivity contribution in [2.24, 2.45) is 17.6 Å². The van der Waals surface area contributed by atoms with Crippen molar-refractivity contribution in [3.05, 3.63) is 34.4 Å². The third-order valence-electron chi connectivity index (χ3n) is 12.3. The van der Waals surface area contributed by atoms with E-state index in [9.17, 15) is 19.6 Å². The molecule has 0 radical (unpaired) electrons. The van der Waals surface area contributed by atoms with Crippen molar-refractivity contribution < 1.29 is 32.5 Å². The topological polar surface area (TPSA) is 167 Å². The molecule has 4 aliphatic heterocycles. The maximum atomic E-state index is 17.6. The van der Waals surface area contributed by atoms with Crippen molar-refractivity contribution >= 4 is 60.7 Å². The van der Waals surface area contributed by atoms with Crippen molar-refractivity contribution in [3.8, 4) is 29.0 Å². The predicted molar refractivity (Wildman–Crippen MR) is 213 cm³/mol. The Morgan fingerprint density at radius 3 is 2.74 bits per heavy atom. The number of halogens is 4. The number of aromatic nitrogens is 2. The van der Waals surface area contributed by atoms with E-state index in [1.54, 1.807) is 11.8 Å². The van der Waals surface area contributed by atoms with Crippen LogP contribution in [0.4, 0.5) is 24.0 Å². The number of rotatable bonds is 9. The number of piperidine rings is 1. The van der Waals surface area contributed by atoms with Crippen LogP contribution >= 0.6 is 22.9 Å². The van der Waals surface area contributed by atoms with Crippen LogP contribution in [0, 0.1) is 34.8 Å². The van der Waals surface area contributed by atoms with E-state index in [0.717, 1.165) is 49.6 Å². The number of amides is 1. The lowest BCUT2D eigenvalue weighted by Gasteiger charge is -2.40. The number of fused-ring (bicyclic) bond motifs is 2. The number of nitriles is 1. The second-order valence-electron chi connectivity index (χ2n) is 16.3. The smallest absolute Gasteiger partial charge is 0.319 e. The molecule has 57 heavy (non-hydrogen) atoms. The molecule has 0 aliphatic carbocycles. The second kappa shape index (κ2) is 15.2. The molecule has 12 nitrogen and oxygen atoms in total. The number of carbonyl (C=O) groups is 1. The maximum absolute atomic E-state index is 17.6. The van der Waals surface area contributed by atoms with Crippen LogP contribution in [-0.2, 0) is 4.79 Å². The molecule has 0 bridgehead atoms. The molecule has 0 saturated carbocycles. The molecule has 3 saturated heterocycles. The fourth-order valence-corrected chi connectivity index (χ4v) is 10.5. The molecule has 6 atom stereocenters. The van der Waals surface area contributed by atoms with Gasteiger partial charge in [-0.2, -0.15) is 15.2 Å². The van der Waals surface area contributed by atoms with Crippen molar-refractivity contribution in [3.63, 3.8) is 0 Å². The lowest BCUT2D eigenvalue weighted by atomic mass is 9.94. The minimum absolute atomic E-state index is 0.0166. The third-order valence-corrected chi connectivity index (χ3v) is 13.7. The number of nitrogens with zero attached hydrogens (tertiary/aromatic N) is 6. The Balaban J connectivity index is 1.30. The molecule has 3 unspecified atom stereocenters. The molecule has 6 heterocycles. The highest BCUT2D eigenvalue weighted by Crippen LogP contribution is 2.51. The molecule has 2 aromatic carbocycles. The van der Waals surface area contributed by atoms with Crippen LogP contribution in [0.5, 0.6) is 11.8 Å². The number of nitrogens with two attached hydrogens (primary N) is 2. The number of aliphatic hydroxyl groups excluding tert-OH is 1. The molecule has 8 rings (SSSR count). The number of likely N-dealkylation sites (tertiary alicyclic amines) is 1. The van der Waals surface area contributed by atoms with Gasteiger partial charge in [0.1, 0.15) is 47.6 Å². The quantitative estimate of drug-likeness (QED) is 0.181. The van der Waals surface area contributed by atoms with E-state index >= 15 is 8.78 Å². The molecule has 3 fully saturated rings. The highest BCUT2D eigenvalue weighted by atomic mass is 35.5. The average molecular weight is 827 g/mol. The molecule has 0 spiro atoms. The van der Waals surface area contributed by atoms with E-state index in [4.69, 9.17) is 37.5 Å². The van der Waals surface area contributed by atoms with E-state index in [1.807, 2.05) is 24.8 Å². The lowest BCUT2D eigenvalue weighted by Crippen LogP contribution is -2.53. The largest absolute Gasteiger partial charge is 0.489 e. The Morgan fingerprint density at radius 2 is 2.00 bits per heavy atom. The van der Waals surface area contributed by atoms with Gasteiger partial charge in [-0.15, -0.1) is 11.3 Å². The zero-order chi connectivity index (χ0) is 40.5. The van der Waals surface area contributed by atoms with E-state index in [1.165, 1.54) is 6.07 Å². The van der Waals surface area contributed by atoms with Gasteiger partial charge in [0.2, 0.25) is 5.91 Å². The number of nitrogen functional groups attached to an aromatic ring is 1. The Hall–Kier alpha value is -4.14. The Bertz CT molecular complexity index is 2290. The Labute approximate surface area is 337 Å². The lowest BCUT2D eigenvalue weighted by molar-refractivity contribution is -0.135. The SMILES string of the molecule is CC(O)C1COc2c(Cl)c(-c3ccc(F)c4sc(N)c(C#N)c34)c(F)c3nc(OC[C@@]45CCCN4C[C@H](F)C5)nc(c23)N1CC1CCCN(C(=O)[C@@H](N)C(C)C)C1. The minimum Gasteiger partial charge on any atom is -0.489 e.